The zero-order valence-electron chi connectivity index (χ0n) is 17.7. The van der Waals surface area contributed by atoms with Gasteiger partial charge in [-0.05, 0) is 52.8 Å². The summed E-state index contributed by atoms with van der Waals surface area (Å²) in [5.74, 6) is 1.90. The second-order valence-corrected chi connectivity index (χ2v) is 9.48. The molecule has 0 bridgehead atoms. The fourth-order valence-electron chi connectivity index (χ4n) is 3.60. The Morgan fingerprint density at radius 3 is 2.50 bits per heavy atom. The molecule has 1 N–H and O–H groups in total. The molecular weight excluding hydrogens is 350 g/mol. The number of carbonyl (C=O) groups is 1. The van der Waals surface area contributed by atoms with Crippen LogP contribution < -0.4 is 10.1 Å². The van der Waals surface area contributed by atoms with Gasteiger partial charge < -0.3 is 10.1 Å². The van der Waals surface area contributed by atoms with Crippen LogP contribution in [0.1, 0.15) is 58.6 Å². The van der Waals surface area contributed by atoms with Crippen LogP contribution in [-0.2, 0) is 15.6 Å². The molecule has 3 rings (SSSR count). The number of rotatable bonds is 6. The normalized spacial score (nSPS) is 19.2. The largest absolute Gasteiger partial charge is 0.495 e. The van der Waals surface area contributed by atoms with Gasteiger partial charge in [0, 0.05) is 18.3 Å². The summed E-state index contributed by atoms with van der Waals surface area (Å²) >= 11 is 0. The fourth-order valence-corrected chi connectivity index (χ4v) is 3.60. The van der Waals surface area contributed by atoms with Crippen LogP contribution in [0.4, 0.5) is 5.82 Å². The number of hydrogen-bond acceptors (Lipinski definition) is 4. The van der Waals surface area contributed by atoms with Crippen LogP contribution in [0.25, 0.3) is 0 Å². The summed E-state index contributed by atoms with van der Waals surface area (Å²) in [5.41, 5.74) is 2.28. The summed E-state index contributed by atoms with van der Waals surface area (Å²) < 4.78 is 5.29. The van der Waals surface area contributed by atoms with Crippen molar-refractivity contribution in [1.29, 1.82) is 0 Å². The number of carbonyl (C=O) groups excluding carboxylic acids is 1. The van der Waals surface area contributed by atoms with Gasteiger partial charge in [0.1, 0.15) is 11.6 Å². The van der Waals surface area contributed by atoms with E-state index in [0.29, 0.717) is 11.7 Å². The van der Waals surface area contributed by atoms with E-state index in [2.05, 4.69) is 49.9 Å². The van der Waals surface area contributed by atoms with Gasteiger partial charge in [-0.15, -0.1) is 0 Å². The molecule has 0 radical (unpaired) electrons. The number of hydrogen-bond donors (Lipinski definition) is 1. The van der Waals surface area contributed by atoms with Gasteiger partial charge in [-0.1, -0.05) is 40.7 Å². The van der Waals surface area contributed by atoms with Crippen LogP contribution in [-0.4, -0.2) is 23.0 Å². The Morgan fingerprint density at radius 2 is 1.89 bits per heavy atom. The van der Waals surface area contributed by atoms with Gasteiger partial charge in [0.15, 0.2) is 0 Å². The minimum Gasteiger partial charge on any atom is -0.495 e. The maximum absolute atomic E-state index is 12.6. The van der Waals surface area contributed by atoms with Crippen molar-refractivity contribution in [3.05, 3.63) is 47.9 Å². The summed E-state index contributed by atoms with van der Waals surface area (Å²) in [7, 11) is 1.65. The van der Waals surface area contributed by atoms with E-state index in [1.54, 1.807) is 13.3 Å². The van der Waals surface area contributed by atoms with Gasteiger partial charge in [-0.25, -0.2) is 4.98 Å². The first-order valence-corrected chi connectivity index (χ1v) is 9.87. The highest BCUT2D eigenvalue weighted by atomic mass is 16.5. The van der Waals surface area contributed by atoms with Crippen LogP contribution in [0.15, 0.2) is 36.8 Å². The number of anilines is 1. The van der Waals surface area contributed by atoms with E-state index in [1.165, 1.54) is 0 Å². The lowest BCUT2D eigenvalue weighted by molar-refractivity contribution is -0.117. The number of nitrogens with one attached hydrogen (secondary N) is 1. The second-order valence-electron chi connectivity index (χ2n) is 9.48. The summed E-state index contributed by atoms with van der Waals surface area (Å²) in [4.78, 5) is 21.3. The molecule has 2 atom stereocenters. The molecule has 2 aromatic rings. The van der Waals surface area contributed by atoms with Gasteiger partial charge in [-0.3, -0.25) is 9.78 Å². The number of pyridine rings is 2. The third-order valence-corrected chi connectivity index (χ3v) is 5.64. The highest BCUT2D eigenvalue weighted by Crippen LogP contribution is 2.47. The average Bonchev–Trinajstić information content (AvgIpc) is 3.40. The third-order valence-electron chi connectivity index (χ3n) is 5.64. The van der Waals surface area contributed by atoms with Crippen molar-refractivity contribution >= 4 is 11.7 Å². The summed E-state index contributed by atoms with van der Waals surface area (Å²) in [6.07, 6.45) is 7.31. The second kappa shape index (κ2) is 7.53. The summed E-state index contributed by atoms with van der Waals surface area (Å²) in [6, 6.07) is 5.96. The number of amides is 1. The number of ether oxygens (including phenoxy) is 1. The Kier molecular flexibility index (Phi) is 5.46. The topological polar surface area (TPSA) is 64.1 Å². The minimum absolute atomic E-state index is 0.0533. The van der Waals surface area contributed by atoms with E-state index in [9.17, 15) is 4.79 Å². The molecule has 1 aliphatic rings. The molecule has 5 nitrogen and oxygen atoms in total. The molecule has 0 saturated heterocycles. The van der Waals surface area contributed by atoms with Crippen molar-refractivity contribution in [3.8, 4) is 5.75 Å². The van der Waals surface area contributed by atoms with Gasteiger partial charge in [0.05, 0.1) is 13.3 Å². The SMILES string of the molecule is COc1cncc(C(C)(C)CC2CC2C(=O)Nc2ccc(C(C)(C)C)cn2)c1. The molecule has 2 aromatic heterocycles. The van der Waals surface area contributed by atoms with E-state index in [1.807, 2.05) is 30.6 Å². The molecule has 5 heteroatoms. The van der Waals surface area contributed by atoms with Crippen molar-refractivity contribution in [2.75, 3.05) is 12.4 Å². The van der Waals surface area contributed by atoms with Crippen LogP contribution in [0.5, 0.6) is 5.75 Å². The highest BCUT2D eigenvalue weighted by Gasteiger charge is 2.45. The molecule has 0 aliphatic heterocycles. The van der Waals surface area contributed by atoms with Crippen molar-refractivity contribution in [1.82, 2.24) is 9.97 Å². The summed E-state index contributed by atoms with van der Waals surface area (Å²) in [5, 5.41) is 2.97. The predicted molar refractivity (Wildman–Crippen MR) is 112 cm³/mol. The lowest BCUT2D eigenvalue weighted by Gasteiger charge is -2.25. The van der Waals surface area contributed by atoms with Crippen LogP contribution in [0.3, 0.4) is 0 Å². The smallest absolute Gasteiger partial charge is 0.228 e. The quantitative estimate of drug-likeness (QED) is 0.786. The first-order chi connectivity index (χ1) is 13.1. The van der Waals surface area contributed by atoms with Gasteiger partial charge in [-0.2, -0.15) is 0 Å². The standard InChI is InChI=1S/C23H31N3O2/c1-22(2,3)16-7-8-20(25-13-16)26-21(27)19-9-15(19)11-23(4,5)17-10-18(28-6)14-24-12-17/h7-8,10,12-15,19H,9,11H2,1-6H3,(H,25,26,27). The Morgan fingerprint density at radius 1 is 1.14 bits per heavy atom. The maximum Gasteiger partial charge on any atom is 0.228 e. The summed E-state index contributed by atoms with van der Waals surface area (Å²) in [6.45, 7) is 10.8. The van der Waals surface area contributed by atoms with E-state index in [0.717, 1.165) is 29.7 Å². The van der Waals surface area contributed by atoms with Crippen LogP contribution in [0.2, 0.25) is 0 Å². The van der Waals surface area contributed by atoms with Crippen molar-refractivity contribution in [3.63, 3.8) is 0 Å². The first-order valence-electron chi connectivity index (χ1n) is 9.87. The van der Waals surface area contributed by atoms with Crippen molar-refractivity contribution in [2.45, 2.75) is 58.3 Å². The Bertz CT molecular complexity index is 838. The van der Waals surface area contributed by atoms with E-state index in [4.69, 9.17) is 4.74 Å². The molecule has 1 fully saturated rings. The lowest BCUT2D eigenvalue weighted by Crippen LogP contribution is -2.21. The fraction of sp³-hybridized carbons (Fsp3) is 0.522. The van der Waals surface area contributed by atoms with E-state index >= 15 is 0 Å². The van der Waals surface area contributed by atoms with Gasteiger partial charge in [0.2, 0.25) is 5.91 Å². The Balaban J connectivity index is 1.58. The highest BCUT2D eigenvalue weighted by molar-refractivity contribution is 5.93. The first kappa shape index (κ1) is 20.3. The zero-order chi connectivity index (χ0) is 20.5. The maximum atomic E-state index is 12.6. The molecule has 0 aromatic carbocycles. The number of methoxy groups -OCH3 is 1. The predicted octanol–water partition coefficient (Wildman–Crippen LogP) is 4.73. The number of aromatic nitrogens is 2. The average molecular weight is 382 g/mol. The van der Waals surface area contributed by atoms with Crippen LogP contribution in [0, 0.1) is 11.8 Å². The minimum atomic E-state index is -0.0617. The molecule has 1 saturated carbocycles. The molecule has 1 amide bonds. The monoisotopic (exact) mass is 381 g/mol. The molecule has 0 spiro atoms. The van der Waals surface area contributed by atoms with Crippen LogP contribution >= 0.6 is 0 Å². The van der Waals surface area contributed by atoms with Crippen molar-refractivity contribution in [2.24, 2.45) is 11.8 Å². The molecule has 1 aliphatic carbocycles. The molecule has 150 valence electrons. The number of nitrogens with zero attached hydrogens (tertiary/aromatic N) is 2. The van der Waals surface area contributed by atoms with Gasteiger partial charge in [0.25, 0.3) is 0 Å². The molecule has 2 unspecified atom stereocenters. The Hall–Kier alpha value is -2.43. The Labute approximate surface area is 167 Å². The van der Waals surface area contributed by atoms with Gasteiger partial charge >= 0.3 is 0 Å². The van der Waals surface area contributed by atoms with E-state index in [-0.39, 0.29) is 22.7 Å². The van der Waals surface area contributed by atoms with Crippen molar-refractivity contribution < 1.29 is 9.53 Å². The van der Waals surface area contributed by atoms with E-state index < -0.39 is 0 Å². The molecule has 2 heterocycles. The molecular formula is C23H31N3O2. The lowest BCUT2D eigenvalue weighted by atomic mass is 9.80. The zero-order valence-corrected chi connectivity index (χ0v) is 17.7. The third kappa shape index (κ3) is 4.70. The molecule has 28 heavy (non-hydrogen) atoms.